The van der Waals surface area contributed by atoms with Crippen molar-refractivity contribution in [3.8, 4) is 11.5 Å². The minimum Gasteiger partial charge on any atom is -0.496 e. The molecule has 0 N–H and O–H groups in total. The Labute approximate surface area is 206 Å². The number of esters is 1. The first-order valence-electron chi connectivity index (χ1n) is 11.0. The Bertz CT molecular complexity index is 1000. The Morgan fingerprint density at radius 2 is 1.65 bits per heavy atom. The Balaban J connectivity index is 2.77. The van der Waals surface area contributed by atoms with Gasteiger partial charge in [-0.15, -0.1) is 0 Å². The molecule has 2 aromatic rings. The number of hydrogen-bond acceptors (Lipinski definition) is 6. The lowest BCUT2D eigenvalue weighted by atomic mass is 9.93. The summed E-state index contributed by atoms with van der Waals surface area (Å²) in [5.74, 6) is 0.0133. The summed E-state index contributed by atoms with van der Waals surface area (Å²) < 4.78 is 22.2. The van der Waals surface area contributed by atoms with Gasteiger partial charge in [0, 0.05) is 35.9 Å². The van der Waals surface area contributed by atoms with E-state index in [0.717, 1.165) is 5.56 Å². The maximum atomic E-state index is 13.5. The van der Waals surface area contributed by atoms with Crippen molar-refractivity contribution in [2.75, 3.05) is 39.4 Å². The predicted molar refractivity (Wildman–Crippen MR) is 133 cm³/mol. The number of anilines is 1. The van der Waals surface area contributed by atoms with Crippen LogP contribution < -0.4 is 14.4 Å². The second-order valence-electron chi connectivity index (χ2n) is 8.93. The maximum Gasteiger partial charge on any atom is 0.315 e. The molecule has 0 bridgehead atoms. The lowest BCUT2D eigenvalue weighted by molar-refractivity contribution is -0.145. The van der Waals surface area contributed by atoms with Crippen molar-refractivity contribution >= 4 is 29.2 Å². The molecule has 1 atom stereocenters. The third-order valence-corrected chi connectivity index (χ3v) is 5.25. The van der Waals surface area contributed by atoms with Crippen LogP contribution in [-0.2, 0) is 19.1 Å². The third kappa shape index (κ3) is 6.87. The molecule has 1 amide bonds. The highest BCUT2D eigenvalue weighted by Crippen LogP contribution is 2.44. The first-order valence-corrected chi connectivity index (χ1v) is 11.4. The van der Waals surface area contributed by atoms with E-state index in [0.29, 0.717) is 34.3 Å². The van der Waals surface area contributed by atoms with Gasteiger partial charge in [0.15, 0.2) is 0 Å². The van der Waals surface area contributed by atoms with E-state index < -0.39 is 24.4 Å². The van der Waals surface area contributed by atoms with E-state index in [1.807, 2.05) is 45.0 Å². The van der Waals surface area contributed by atoms with Crippen LogP contribution in [0.5, 0.6) is 11.5 Å². The van der Waals surface area contributed by atoms with E-state index in [1.54, 1.807) is 38.2 Å². The van der Waals surface area contributed by atoms with E-state index in [1.165, 1.54) is 7.11 Å². The second-order valence-corrected chi connectivity index (χ2v) is 9.36. The summed E-state index contributed by atoms with van der Waals surface area (Å²) >= 11 is 6.46. The summed E-state index contributed by atoms with van der Waals surface area (Å²) in [6, 6.07) is 10.9. The molecular weight excluding hydrogens is 458 g/mol. The lowest BCUT2D eigenvalue weighted by Gasteiger charge is -2.34. The lowest BCUT2D eigenvalue weighted by Crippen LogP contribution is -2.40. The predicted octanol–water partition coefficient (Wildman–Crippen LogP) is 5.43. The first-order chi connectivity index (χ1) is 16.1. The molecule has 186 valence electrons. The molecule has 0 radical (unpaired) electrons. The molecule has 0 saturated heterocycles. The minimum atomic E-state index is -0.628. The number of ether oxygens (including phenoxy) is 4. The van der Waals surface area contributed by atoms with Gasteiger partial charge in [-0.25, -0.2) is 0 Å². The number of rotatable bonds is 10. The zero-order valence-electron chi connectivity index (χ0n) is 20.9. The van der Waals surface area contributed by atoms with Crippen LogP contribution in [0, 0.1) is 5.41 Å². The van der Waals surface area contributed by atoms with Gasteiger partial charge in [0.25, 0.3) is 0 Å². The Kier molecular flexibility index (Phi) is 9.77. The molecule has 0 saturated carbocycles. The van der Waals surface area contributed by atoms with Gasteiger partial charge in [0.2, 0.25) is 5.91 Å². The second kappa shape index (κ2) is 12.1. The highest BCUT2D eigenvalue weighted by atomic mass is 35.5. The van der Waals surface area contributed by atoms with Crippen LogP contribution >= 0.6 is 11.6 Å². The summed E-state index contributed by atoms with van der Waals surface area (Å²) in [4.78, 5) is 27.2. The average molecular weight is 492 g/mol. The molecule has 0 aliphatic carbocycles. The minimum absolute atomic E-state index is 0.195. The fourth-order valence-electron chi connectivity index (χ4n) is 3.74. The van der Waals surface area contributed by atoms with E-state index in [4.69, 9.17) is 30.5 Å². The van der Waals surface area contributed by atoms with Crippen LogP contribution in [0.1, 0.15) is 51.3 Å². The highest BCUT2D eigenvalue weighted by Gasteiger charge is 2.32. The fourth-order valence-corrected chi connectivity index (χ4v) is 3.96. The molecule has 7 nitrogen and oxygen atoms in total. The molecule has 0 aliphatic heterocycles. The number of hydrogen-bond donors (Lipinski definition) is 0. The molecule has 8 heteroatoms. The summed E-state index contributed by atoms with van der Waals surface area (Å²) in [5, 5.41) is 0.418. The molecular formula is C26H34ClNO6. The fraction of sp³-hybridized carbons (Fsp3) is 0.462. The number of nitrogens with zero attached hydrogens (tertiary/aromatic N) is 1. The summed E-state index contributed by atoms with van der Waals surface area (Å²) in [5.41, 5.74) is 1.55. The monoisotopic (exact) mass is 491 g/mol. The van der Waals surface area contributed by atoms with Gasteiger partial charge in [-0.3, -0.25) is 9.59 Å². The maximum absolute atomic E-state index is 13.5. The summed E-state index contributed by atoms with van der Waals surface area (Å²) in [6.07, 6.45) is -1.03. The van der Waals surface area contributed by atoms with Gasteiger partial charge in [-0.05, 0) is 24.5 Å². The third-order valence-electron chi connectivity index (χ3n) is 5.03. The van der Waals surface area contributed by atoms with Crippen LogP contribution in [0.4, 0.5) is 5.69 Å². The van der Waals surface area contributed by atoms with E-state index >= 15 is 0 Å². The smallest absolute Gasteiger partial charge is 0.315 e. The molecule has 2 aromatic carbocycles. The van der Waals surface area contributed by atoms with E-state index in [2.05, 4.69) is 0 Å². The number of carbonyl (C=O) groups is 2. The number of amides is 1. The van der Waals surface area contributed by atoms with Gasteiger partial charge in [0.05, 0.1) is 26.5 Å². The number of para-hydroxylation sites is 1. The zero-order chi connectivity index (χ0) is 25.5. The molecule has 0 aromatic heterocycles. The van der Waals surface area contributed by atoms with E-state index in [-0.39, 0.29) is 12.0 Å². The molecule has 34 heavy (non-hydrogen) atoms. The van der Waals surface area contributed by atoms with Gasteiger partial charge in [-0.2, -0.15) is 0 Å². The molecule has 0 aliphatic rings. The summed E-state index contributed by atoms with van der Waals surface area (Å²) in [7, 11) is 4.66. The SMILES string of the molecule is CCOC(=O)CC(=O)N(CC(C)(C)C)c1c(OC)cc(Cl)cc1C(OC)c1ccccc1OC. The standard InChI is InChI=1S/C26H34ClNO6/c1-8-34-23(30)15-22(29)28(16-26(2,3)4)24-19(13-17(27)14-21(24)32-6)25(33-7)18-11-9-10-12-20(18)31-5/h9-14,25H,8,15-16H2,1-7H3. The average Bonchev–Trinajstić information content (AvgIpc) is 2.77. The molecule has 0 heterocycles. The van der Waals surface area contributed by atoms with E-state index in [9.17, 15) is 9.59 Å². The van der Waals surface area contributed by atoms with Crippen LogP contribution in [0.25, 0.3) is 0 Å². The first kappa shape index (κ1) is 27.5. The largest absolute Gasteiger partial charge is 0.496 e. The molecule has 1 unspecified atom stereocenters. The van der Waals surface area contributed by atoms with Crippen molar-refractivity contribution in [3.05, 3.63) is 52.5 Å². The van der Waals surface area contributed by atoms with Crippen LogP contribution in [0.2, 0.25) is 5.02 Å². The van der Waals surface area contributed by atoms with Crippen molar-refractivity contribution < 1.29 is 28.5 Å². The molecule has 2 rings (SSSR count). The van der Waals surface area contributed by atoms with Crippen LogP contribution in [0.3, 0.4) is 0 Å². The van der Waals surface area contributed by atoms with Gasteiger partial charge in [-0.1, -0.05) is 50.6 Å². The highest BCUT2D eigenvalue weighted by molar-refractivity contribution is 6.31. The van der Waals surface area contributed by atoms with Crippen molar-refractivity contribution in [1.82, 2.24) is 0 Å². The van der Waals surface area contributed by atoms with Crippen LogP contribution in [-0.4, -0.2) is 46.4 Å². The van der Waals surface area contributed by atoms with Crippen LogP contribution in [0.15, 0.2) is 36.4 Å². The van der Waals surface area contributed by atoms with Crippen molar-refractivity contribution in [2.45, 2.75) is 40.2 Å². The van der Waals surface area contributed by atoms with Gasteiger partial charge in [0.1, 0.15) is 24.0 Å². The number of methoxy groups -OCH3 is 3. The van der Waals surface area contributed by atoms with Crippen molar-refractivity contribution in [3.63, 3.8) is 0 Å². The Morgan fingerprint density at radius 1 is 1.00 bits per heavy atom. The quantitative estimate of drug-likeness (QED) is 0.326. The summed E-state index contributed by atoms with van der Waals surface area (Å²) in [6.45, 7) is 8.24. The van der Waals surface area contributed by atoms with Crippen molar-refractivity contribution in [1.29, 1.82) is 0 Å². The Morgan fingerprint density at radius 3 is 2.21 bits per heavy atom. The molecule has 0 spiro atoms. The van der Waals surface area contributed by atoms with Gasteiger partial charge >= 0.3 is 5.97 Å². The topological polar surface area (TPSA) is 74.3 Å². The van der Waals surface area contributed by atoms with Crippen molar-refractivity contribution in [2.24, 2.45) is 5.41 Å². The number of carbonyl (C=O) groups excluding carboxylic acids is 2. The number of halogens is 1. The van der Waals surface area contributed by atoms with Gasteiger partial charge < -0.3 is 23.8 Å². The molecule has 0 fully saturated rings. The number of benzene rings is 2. The zero-order valence-corrected chi connectivity index (χ0v) is 21.7. The Hall–Kier alpha value is -2.77. The normalized spacial score (nSPS) is 12.1.